The van der Waals surface area contributed by atoms with Gasteiger partial charge in [-0.05, 0) is 48.9 Å². The van der Waals surface area contributed by atoms with Crippen molar-refractivity contribution in [1.82, 2.24) is 0 Å². The van der Waals surface area contributed by atoms with Crippen molar-refractivity contribution >= 4 is 6.29 Å². The standard InChI is InChI=1S/C15H11F3O2/c1-10-7-11(9-19)5-6-14(10)20-13-4-2-3-12(8-13)15(16,17)18/h2-9H,1H3. The van der Waals surface area contributed by atoms with Crippen LogP contribution in [0.1, 0.15) is 21.5 Å². The molecule has 20 heavy (non-hydrogen) atoms. The van der Waals surface area contributed by atoms with E-state index in [-0.39, 0.29) is 5.75 Å². The number of rotatable bonds is 3. The fourth-order valence-electron chi connectivity index (χ4n) is 1.72. The molecular formula is C15H11F3O2. The zero-order valence-corrected chi connectivity index (χ0v) is 10.6. The van der Waals surface area contributed by atoms with Gasteiger partial charge < -0.3 is 4.74 Å². The highest BCUT2D eigenvalue weighted by Gasteiger charge is 2.30. The first-order valence-corrected chi connectivity index (χ1v) is 5.81. The molecule has 0 N–H and O–H groups in total. The van der Waals surface area contributed by atoms with E-state index >= 15 is 0 Å². The lowest BCUT2D eigenvalue weighted by Gasteiger charge is -2.11. The minimum Gasteiger partial charge on any atom is -0.457 e. The van der Waals surface area contributed by atoms with Gasteiger partial charge >= 0.3 is 6.18 Å². The van der Waals surface area contributed by atoms with E-state index in [1.807, 2.05) is 0 Å². The molecule has 104 valence electrons. The Morgan fingerprint density at radius 3 is 2.45 bits per heavy atom. The van der Waals surface area contributed by atoms with Crippen LogP contribution in [-0.2, 0) is 6.18 Å². The molecule has 0 aliphatic carbocycles. The van der Waals surface area contributed by atoms with Crippen molar-refractivity contribution in [2.75, 3.05) is 0 Å². The van der Waals surface area contributed by atoms with Crippen molar-refractivity contribution in [1.29, 1.82) is 0 Å². The van der Waals surface area contributed by atoms with Crippen LogP contribution in [0.3, 0.4) is 0 Å². The zero-order valence-electron chi connectivity index (χ0n) is 10.6. The molecule has 0 radical (unpaired) electrons. The molecular weight excluding hydrogens is 269 g/mol. The van der Waals surface area contributed by atoms with E-state index in [4.69, 9.17) is 4.74 Å². The van der Waals surface area contributed by atoms with Crippen LogP contribution in [0.5, 0.6) is 11.5 Å². The van der Waals surface area contributed by atoms with E-state index in [0.717, 1.165) is 12.1 Å². The monoisotopic (exact) mass is 280 g/mol. The summed E-state index contributed by atoms with van der Waals surface area (Å²) in [5, 5.41) is 0. The first kappa shape index (κ1) is 14.1. The molecule has 2 rings (SSSR count). The van der Waals surface area contributed by atoms with Crippen LogP contribution in [0, 0.1) is 6.92 Å². The maximum atomic E-state index is 12.6. The van der Waals surface area contributed by atoms with E-state index in [2.05, 4.69) is 0 Å². The highest BCUT2D eigenvalue weighted by Crippen LogP contribution is 2.33. The molecule has 0 spiro atoms. The number of aryl methyl sites for hydroxylation is 1. The molecule has 0 aliphatic heterocycles. The van der Waals surface area contributed by atoms with Crippen LogP contribution in [0.2, 0.25) is 0 Å². The SMILES string of the molecule is Cc1cc(C=O)ccc1Oc1cccc(C(F)(F)F)c1. The number of hydrogen-bond donors (Lipinski definition) is 0. The topological polar surface area (TPSA) is 26.3 Å². The van der Waals surface area contributed by atoms with Gasteiger partial charge in [0, 0.05) is 5.56 Å². The summed E-state index contributed by atoms with van der Waals surface area (Å²) in [5.41, 5.74) is 0.392. The van der Waals surface area contributed by atoms with Gasteiger partial charge in [0.15, 0.2) is 0 Å². The number of benzene rings is 2. The summed E-state index contributed by atoms with van der Waals surface area (Å²) >= 11 is 0. The lowest BCUT2D eigenvalue weighted by Crippen LogP contribution is -2.04. The predicted molar refractivity (Wildman–Crippen MR) is 68.1 cm³/mol. The van der Waals surface area contributed by atoms with Gasteiger partial charge in [0.1, 0.15) is 17.8 Å². The summed E-state index contributed by atoms with van der Waals surface area (Å²) in [6.45, 7) is 1.72. The van der Waals surface area contributed by atoms with Gasteiger partial charge in [-0.25, -0.2) is 0 Å². The van der Waals surface area contributed by atoms with E-state index in [1.165, 1.54) is 12.1 Å². The molecule has 0 bridgehead atoms. The van der Waals surface area contributed by atoms with E-state index < -0.39 is 11.7 Å². The molecule has 0 unspecified atom stereocenters. The fourth-order valence-corrected chi connectivity index (χ4v) is 1.72. The maximum Gasteiger partial charge on any atom is 0.416 e. The van der Waals surface area contributed by atoms with Crippen LogP contribution in [0.4, 0.5) is 13.2 Å². The number of ether oxygens (including phenoxy) is 1. The maximum absolute atomic E-state index is 12.6. The van der Waals surface area contributed by atoms with Crippen LogP contribution < -0.4 is 4.74 Å². The quantitative estimate of drug-likeness (QED) is 0.767. The second-order valence-corrected chi connectivity index (χ2v) is 4.27. The number of aldehydes is 1. The summed E-state index contributed by atoms with van der Waals surface area (Å²) in [6.07, 6.45) is -3.71. The van der Waals surface area contributed by atoms with Crippen LogP contribution in [-0.4, -0.2) is 6.29 Å². The second kappa shape index (κ2) is 5.36. The third-order valence-corrected chi connectivity index (χ3v) is 2.72. The van der Waals surface area contributed by atoms with Crippen LogP contribution in [0.25, 0.3) is 0 Å². The van der Waals surface area contributed by atoms with Crippen molar-refractivity contribution in [2.24, 2.45) is 0 Å². The van der Waals surface area contributed by atoms with Crippen molar-refractivity contribution in [3.05, 3.63) is 59.2 Å². The third-order valence-electron chi connectivity index (χ3n) is 2.72. The zero-order chi connectivity index (χ0) is 14.8. The Hall–Kier alpha value is -2.30. The smallest absolute Gasteiger partial charge is 0.416 e. The average molecular weight is 280 g/mol. The molecule has 0 heterocycles. The Labute approximate surface area is 113 Å². The number of halogens is 3. The number of carbonyl (C=O) groups is 1. The average Bonchev–Trinajstić information content (AvgIpc) is 2.40. The Morgan fingerprint density at radius 1 is 1.10 bits per heavy atom. The molecule has 0 aromatic heterocycles. The predicted octanol–water partition coefficient (Wildman–Crippen LogP) is 4.62. The van der Waals surface area contributed by atoms with Gasteiger partial charge in [-0.15, -0.1) is 0 Å². The minimum absolute atomic E-state index is 0.0989. The normalized spacial score (nSPS) is 11.2. The molecule has 0 saturated carbocycles. The van der Waals surface area contributed by atoms with Gasteiger partial charge in [-0.2, -0.15) is 13.2 Å². The highest BCUT2D eigenvalue weighted by molar-refractivity contribution is 5.75. The largest absolute Gasteiger partial charge is 0.457 e. The molecule has 0 fully saturated rings. The Morgan fingerprint density at radius 2 is 1.85 bits per heavy atom. The number of alkyl halides is 3. The molecule has 0 amide bonds. The summed E-state index contributed by atoms with van der Waals surface area (Å²) in [7, 11) is 0. The third kappa shape index (κ3) is 3.17. The summed E-state index contributed by atoms with van der Waals surface area (Å²) in [4.78, 5) is 10.6. The molecule has 0 saturated heterocycles. The van der Waals surface area contributed by atoms with Gasteiger partial charge in [-0.1, -0.05) is 6.07 Å². The first-order chi connectivity index (χ1) is 9.40. The van der Waals surface area contributed by atoms with Gasteiger partial charge in [0.2, 0.25) is 0 Å². The van der Waals surface area contributed by atoms with E-state index in [0.29, 0.717) is 23.2 Å². The van der Waals surface area contributed by atoms with E-state index in [9.17, 15) is 18.0 Å². The summed E-state index contributed by atoms with van der Waals surface area (Å²) in [5.74, 6) is 0.511. The van der Waals surface area contributed by atoms with Gasteiger partial charge in [0.05, 0.1) is 5.56 Å². The second-order valence-electron chi connectivity index (χ2n) is 4.27. The van der Waals surface area contributed by atoms with Crippen molar-refractivity contribution in [2.45, 2.75) is 13.1 Å². The van der Waals surface area contributed by atoms with Crippen LogP contribution >= 0.6 is 0 Å². The molecule has 0 aliphatic rings. The molecule has 2 aromatic carbocycles. The van der Waals surface area contributed by atoms with Crippen molar-refractivity contribution < 1.29 is 22.7 Å². The fraction of sp³-hybridized carbons (Fsp3) is 0.133. The number of carbonyl (C=O) groups excluding carboxylic acids is 1. The lowest BCUT2D eigenvalue weighted by molar-refractivity contribution is -0.137. The summed E-state index contributed by atoms with van der Waals surface area (Å²) < 4.78 is 43.2. The van der Waals surface area contributed by atoms with Gasteiger partial charge in [-0.3, -0.25) is 4.79 Å². The van der Waals surface area contributed by atoms with Crippen molar-refractivity contribution in [3.63, 3.8) is 0 Å². The Kier molecular flexibility index (Phi) is 3.79. The molecule has 5 heteroatoms. The number of hydrogen-bond acceptors (Lipinski definition) is 2. The molecule has 0 atom stereocenters. The van der Waals surface area contributed by atoms with Gasteiger partial charge in [0.25, 0.3) is 0 Å². The first-order valence-electron chi connectivity index (χ1n) is 5.81. The van der Waals surface area contributed by atoms with Crippen molar-refractivity contribution in [3.8, 4) is 11.5 Å². The summed E-state index contributed by atoms with van der Waals surface area (Å²) in [6, 6.07) is 9.36. The minimum atomic E-state index is -4.41. The molecule has 2 nitrogen and oxygen atoms in total. The van der Waals surface area contributed by atoms with Crippen LogP contribution in [0.15, 0.2) is 42.5 Å². The Bertz CT molecular complexity index is 633. The Balaban J connectivity index is 2.28. The van der Waals surface area contributed by atoms with E-state index in [1.54, 1.807) is 25.1 Å². The molecule has 2 aromatic rings. The lowest BCUT2D eigenvalue weighted by atomic mass is 10.1. The highest BCUT2D eigenvalue weighted by atomic mass is 19.4.